The van der Waals surface area contributed by atoms with Crippen LogP contribution in [0, 0.1) is 6.92 Å². The van der Waals surface area contributed by atoms with Crippen LogP contribution in [0.2, 0.25) is 0 Å². The molecule has 29 heavy (non-hydrogen) atoms. The lowest BCUT2D eigenvalue weighted by atomic mass is 10.0. The maximum atomic E-state index is 12.4. The van der Waals surface area contributed by atoms with Crippen molar-refractivity contribution < 1.29 is 0 Å². The molecule has 5 rings (SSSR count). The van der Waals surface area contributed by atoms with Gasteiger partial charge in [0.05, 0.1) is 5.69 Å². The smallest absolute Gasteiger partial charge is 0.275 e. The van der Waals surface area contributed by atoms with Crippen LogP contribution in [0.1, 0.15) is 41.9 Å². The first kappa shape index (κ1) is 18.9. The van der Waals surface area contributed by atoms with E-state index in [0.29, 0.717) is 17.0 Å². The first-order valence-electron chi connectivity index (χ1n) is 10.6. The van der Waals surface area contributed by atoms with Gasteiger partial charge in [-0.15, -0.1) is 0 Å². The molecule has 0 spiro atoms. The van der Waals surface area contributed by atoms with E-state index in [1.165, 1.54) is 53.6 Å². The molecule has 0 aliphatic carbocycles. The van der Waals surface area contributed by atoms with Crippen LogP contribution in [0.25, 0.3) is 4.96 Å². The van der Waals surface area contributed by atoms with E-state index in [1.54, 1.807) is 6.07 Å². The zero-order valence-electron chi connectivity index (χ0n) is 16.8. The van der Waals surface area contributed by atoms with Gasteiger partial charge in [-0.05, 0) is 51.3 Å². The lowest BCUT2D eigenvalue weighted by Gasteiger charge is -2.35. The Morgan fingerprint density at radius 1 is 1.03 bits per heavy atom. The number of hydrogen-bond donors (Lipinski definition) is 0. The van der Waals surface area contributed by atoms with Crippen molar-refractivity contribution in [2.24, 2.45) is 0 Å². The van der Waals surface area contributed by atoms with Crippen molar-refractivity contribution in [2.75, 3.05) is 13.1 Å². The van der Waals surface area contributed by atoms with Crippen molar-refractivity contribution in [3.8, 4) is 0 Å². The molecule has 2 aromatic heterocycles. The van der Waals surface area contributed by atoms with Gasteiger partial charge < -0.3 is 0 Å². The lowest BCUT2D eigenvalue weighted by molar-refractivity contribution is 0.123. The summed E-state index contributed by atoms with van der Waals surface area (Å²) in [6, 6.07) is 13.6. The Labute approximate surface area is 174 Å². The molecular formula is C22H27N5OS. The molecule has 1 aromatic carbocycles. The molecule has 152 valence electrons. The van der Waals surface area contributed by atoms with Crippen LogP contribution in [0.4, 0.5) is 0 Å². The minimum absolute atomic E-state index is 0.0725. The van der Waals surface area contributed by atoms with Crippen molar-refractivity contribution in [3.63, 3.8) is 0 Å². The van der Waals surface area contributed by atoms with Crippen LogP contribution in [-0.2, 0) is 13.1 Å². The molecular weight excluding hydrogens is 382 g/mol. The second kappa shape index (κ2) is 7.97. The Morgan fingerprint density at radius 2 is 1.72 bits per heavy atom. The Balaban J connectivity index is 1.34. The molecule has 2 aliphatic rings. The highest BCUT2D eigenvalue weighted by atomic mass is 32.1. The van der Waals surface area contributed by atoms with Gasteiger partial charge in [0.25, 0.3) is 5.56 Å². The summed E-state index contributed by atoms with van der Waals surface area (Å²) in [5.41, 5.74) is 2.19. The van der Waals surface area contributed by atoms with Gasteiger partial charge in [0.2, 0.25) is 4.96 Å². The highest BCUT2D eigenvalue weighted by Gasteiger charge is 2.37. The Morgan fingerprint density at radius 3 is 2.45 bits per heavy atom. The molecule has 0 radical (unpaired) electrons. The molecule has 7 heteroatoms. The molecule has 0 bridgehead atoms. The van der Waals surface area contributed by atoms with E-state index in [0.717, 1.165) is 30.3 Å². The number of benzene rings is 1. The average molecular weight is 410 g/mol. The molecule has 0 saturated carbocycles. The Hall–Kier alpha value is -2.09. The van der Waals surface area contributed by atoms with Gasteiger partial charge >= 0.3 is 0 Å². The lowest BCUT2D eigenvalue weighted by Crippen LogP contribution is -2.45. The summed E-state index contributed by atoms with van der Waals surface area (Å²) < 4.78 is 1.42. The first-order chi connectivity index (χ1) is 14.2. The van der Waals surface area contributed by atoms with Crippen molar-refractivity contribution in [3.05, 3.63) is 63.0 Å². The van der Waals surface area contributed by atoms with Gasteiger partial charge in [-0.25, -0.2) is 4.98 Å². The molecule has 2 unspecified atom stereocenters. The third-order valence-electron chi connectivity index (χ3n) is 6.27. The topological polar surface area (TPSA) is 53.7 Å². The summed E-state index contributed by atoms with van der Waals surface area (Å²) in [7, 11) is 0. The molecule has 3 aromatic rings. The van der Waals surface area contributed by atoms with Crippen LogP contribution in [0.15, 0.2) is 41.2 Å². The van der Waals surface area contributed by atoms with E-state index in [-0.39, 0.29) is 5.56 Å². The number of fused-ring (bicyclic) bond motifs is 1. The van der Waals surface area contributed by atoms with Crippen LogP contribution < -0.4 is 5.56 Å². The predicted molar refractivity (Wildman–Crippen MR) is 115 cm³/mol. The molecule has 2 fully saturated rings. The van der Waals surface area contributed by atoms with Gasteiger partial charge in [-0.1, -0.05) is 41.7 Å². The van der Waals surface area contributed by atoms with Gasteiger partial charge in [0.1, 0.15) is 5.01 Å². The molecule has 0 N–H and O–H groups in total. The van der Waals surface area contributed by atoms with Gasteiger partial charge in [-0.2, -0.15) is 9.61 Å². The van der Waals surface area contributed by atoms with E-state index >= 15 is 0 Å². The van der Waals surface area contributed by atoms with Gasteiger partial charge in [-0.3, -0.25) is 14.6 Å². The Kier molecular flexibility index (Phi) is 5.20. The third kappa shape index (κ3) is 3.86. The van der Waals surface area contributed by atoms with Crippen LogP contribution in [0.5, 0.6) is 0 Å². The molecule has 6 nitrogen and oxygen atoms in total. The minimum Gasteiger partial charge on any atom is -0.295 e. The summed E-state index contributed by atoms with van der Waals surface area (Å²) in [6.07, 6.45) is 4.99. The average Bonchev–Trinajstić information content (AvgIpc) is 3.42. The van der Waals surface area contributed by atoms with Gasteiger partial charge in [0, 0.05) is 31.2 Å². The number of nitrogens with zero attached hydrogens (tertiary/aromatic N) is 5. The fraction of sp³-hybridized carbons (Fsp3) is 0.500. The minimum atomic E-state index is -0.0725. The second-order valence-corrected chi connectivity index (χ2v) is 9.41. The second-order valence-electron chi connectivity index (χ2n) is 8.25. The standard InChI is InChI=1S/C22H27N5OS/c1-16-24-27-21(28)13-18(23-22(27)29-16)15-26-12-6-10-20(26)19-9-5-11-25(19)14-17-7-3-2-4-8-17/h2-4,7-8,13,19-20H,5-6,9-12,14-15H2,1H3. The Bertz CT molecular complexity index is 1050. The number of likely N-dealkylation sites (tertiary alicyclic amines) is 2. The first-order valence-corrected chi connectivity index (χ1v) is 11.4. The largest absolute Gasteiger partial charge is 0.295 e. The zero-order chi connectivity index (χ0) is 19.8. The summed E-state index contributed by atoms with van der Waals surface area (Å²) in [5, 5.41) is 5.12. The van der Waals surface area contributed by atoms with Crippen molar-refractivity contribution in [1.29, 1.82) is 0 Å². The monoisotopic (exact) mass is 409 g/mol. The van der Waals surface area contributed by atoms with E-state index in [2.05, 4.69) is 45.2 Å². The molecule has 2 saturated heterocycles. The van der Waals surface area contributed by atoms with Crippen LogP contribution in [0.3, 0.4) is 0 Å². The number of aryl methyl sites for hydroxylation is 1. The fourth-order valence-electron chi connectivity index (χ4n) is 5.03. The highest BCUT2D eigenvalue weighted by molar-refractivity contribution is 7.16. The third-order valence-corrected chi connectivity index (χ3v) is 7.09. The molecule has 0 amide bonds. The van der Waals surface area contributed by atoms with Crippen molar-refractivity contribution in [1.82, 2.24) is 24.4 Å². The molecule has 4 heterocycles. The SMILES string of the molecule is Cc1nn2c(=O)cc(CN3CCCC3C3CCCN3Cc3ccccc3)nc2s1. The van der Waals surface area contributed by atoms with Gasteiger partial charge in [0.15, 0.2) is 0 Å². The summed E-state index contributed by atoms with van der Waals surface area (Å²) >= 11 is 1.48. The van der Waals surface area contributed by atoms with Crippen molar-refractivity contribution >= 4 is 16.3 Å². The summed E-state index contributed by atoms with van der Waals surface area (Å²) in [6.45, 7) is 5.96. The van der Waals surface area contributed by atoms with E-state index in [4.69, 9.17) is 4.98 Å². The van der Waals surface area contributed by atoms with E-state index < -0.39 is 0 Å². The fourth-order valence-corrected chi connectivity index (χ4v) is 5.79. The summed E-state index contributed by atoms with van der Waals surface area (Å²) in [4.78, 5) is 23.1. The number of aromatic nitrogens is 3. The normalized spacial score (nSPS) is 23.3. The number of rotatable bonds is 5. The highest BCUT2D eigenvalue weighted by Crippen LogP contribution is 2.31. The van der Waals surface area contributed by atoms with E-state index in [1.807, 2.05) is 6.92 Å². The maximum absolute atomic E-state index is 12.4. The molecule has 2 atom stereocenters. The zero-order valence-corrected chi connectivity index (χ0v) is 17.6. The van der Waals surface area contributed by atoms with Crippen LogP contribution >= 0.6 is 11.3 Å². The number of hydrogen-bond acceptors (Lipinski definition) is 6. The quantitative estimate of drug-likeness (QED) is 0.648. The van der Waals surface area contributed by atoms with Crippen molar-refractivity contribution in [2.45, 2.75) is 57.8 Å². The predicted octanol–water partition coefficient (Wildman–Crippen LogP) is 3.09. The van der Waals surface area contributed by atoms with E-state index in [9.17, 15) is 4.79 Å². The summed E-state index contributed by atoms with van der Waals surface area (Å²) in [5.74, 6) is 0. The molecule has 2 aliphatic heterocycles. The maximum Gasteiger partial charge on any atom is 0.275 e. The van der Waals surface area contributed by atoms with Crippen LogP contribution in [-0.4, -0.2) is 49.6 Å².